The van der Waals surface area contributed by atoms with Crippen molar-refractivity contribution in [3.8, 4) is 5.69 Å². The van der Waals surface area contributed by atoms with Gasteiger partial charge < -0.3 is 0 Å². The standard InChI is InChI=1S/C19H19ClF4N2O3S/c1-4-5-6-14(10(2)27)30-15-8-13(12(21)7-11(15)20)26-17(28)9-16(19(22,23)24)25(3)18(26)29/h7-9,14H,4-6H2,1-3H3. The summed E-state index contributed by atoms with van der Waals surface area (Å²) >= 11 is 7.13. The smallest absolute Gasteiger partial charge is 0.299 e. The zero-order valence-electron chi connectivity index (χ0n) is 16.3. The molecule has 0 aliphatic carbocycles. The Morgan fingerprint density at radius 3 is 2.40 bits per heavy atom. The lowest BCUT2D eigenvalue weighted by Gasteiger charge is -2.17. The molecule has 0 N–H and O–H groups in total. The van der Waals surface area contributed by atoms with Crippen LogP contribution in [0.5, 0.6) is 0 Å². The monoisotopic (exact) mass is 466 g/mol. The molecule has 0 saturated carbocycles. The molecule has 30 heavy (non-hydrogen) atoms. The van der Waals surface area contributed by atoms with Gasteiger partial charge in [0.25, 0.3) is 5.56 Å². The van der Waals surface area contributed by atoms with Gasteiger partial charge in [-0.2, -0.15) is 13.2 Å². The van der Waals surface area contributed by atoms with Crippen LogP contribution in [0.2, 0.25) is 5.02 Å². The van der Waals surface area contributed by atoms with E-state index < -0.39 is 39.9 Å². The van der Waals surface area contributed by atoms with Gasteiger partial charge in [-0.25, -0.2) is 13.8 Å². The summed E-state index contributed by atoms with van der Waals surface area (Å²) in [6, 6.07) is 2.18. The van der Waals surface area contributed by atoms with E-state index in [9.17, 15) is 31.9 Å². The first-order chi connectivity index (χ1) is 13.9. The lowest BCUT2D eigenvalue weighted by atomic mass is 10.1. The van der Waals surface area contributed by atoms with Crippen molar-refractivity contribution >= 4 is 29.1 Å². The van der Waals surface area contributed by atoms with Crippen molar-refractivity contribution < 1.29 is 22.4 Å². The molecule has 0 spiro atoms. The molecule has 0 aliphatic heterocycles. The second-order valence-electron chi connectivity index (χ2n) is 6.64. The largest absolute Gasteiger partial charge is 0.431 e. The van der Waals surface area contributed by atoms with Crippen LogP contribution in [0.25, 0.3) is 5.69 Å². The van der Waals surface area contributed by atoms with E-state index >= 15 is 0 Å². The number of halogens is 5. The van der Waals surface area contributed by atoms with Gasteiger partial charge in [0.1, 0.15) is 17.3 Å². The van der Waals surface area contributed by atoms with Crippen molar-refractivity contribution in [2.24, 2.45) is 7.05 Å². The van der Waals surface area contributed by atoms with E-state index in [0.717, 1.165) is 43.8 Å². The third-order valence-corrected chi connectivity index (χ3v) is 6.26. The summed E-state index contributed by atoms with van der Waals surface area (Å²) in [6.45, 7) is 3.36. The Labute approximate surface area is 178 Å². The first kappa shape index (κ1) is 24.2. The molecule has 1 unspecified atom stereocenters. The van der Waals surface area contributed by atoms with Gasteiger partial charge in [-0.15, -0.1) is 11.8 Å². The number of Topliss-reactive ketones (excluding diaryl/α,β-unsaturated/α-hetero) is 1. The topological polar surface area (TPSA) is 61.1 Å². The minimum Gasteiger partial charge on any atom is -0.299 e. The number of thioether (sulfide) groups is 1. The Hall–Kier alpha value is -2.07. The highest BCUT2D eigenvalue weighted by molar-refractivity contribution is 8.00. The molecule has 0 saturated heterocycles. The molecule has 0 amide bonds. The molecule has 0 fully saturated rings. The third kappa shape index (κ3) is 5.15. The number of carbonyl (C=O) groups is 1. The molecule has 1 aromatic heterocycles. The van der Waals surface area contributed by atoms with Crippen molar-refractivity contribution in [1.29, 1.82) is 0 Å². The molecule has 5 nitrogen and oxygen atoms in total. The van der Waals surface area contributed by atoms with Crippen LogP contribution >= 0.6 is 23.4 Å². The zero-order valence-corrected chi connectivity index (χ0v) is 17.9. The summed E-state index contributed by atoms with van der Waals surface area (Å²) in [6.07, 6.45) is -2.77. The number of unbranched alkanes of at least 4 members (excludes halogenated alkanes) is 1. The van der Waals surface area contributed by atoms with Gasteiger partial charge in [-0.05, 0) is 25.5 Å². The molecule has 0 aliphatic rings. The summed E-state index contributed by atoms with van der Waals surface area (Å²) in [7, 11) is 0.834. The van der Waals surface area contributed by atoms with Crippen LogP contribution in [-0.2, 0) is 18.0 Å². The molecule has 164 valence electrons. The summed E-state index contributed by atoms with van der Waals surface area (Å²) in [5.41, 5.74) is -4.69. The van der Waals surface area contributed by atoms with Crippen molar-refractivity contribution in [2.75, 3.05) is 0 Å². The summed E-state index contributed by atoms with van der Waals surface area (Å²) in [5, 5.41) is -0.520. The first-order valence-electron chi connectivity index (χ1n) is 8.95. The fourth-order valence-corrected chi connectivity index (χ4v) is 4.18. The van der Waals surface area contributed by atoms with Gasteiger partial charge >= 0.3 is 11.9 Å². The number of carbonyl (C=O) groups excluding carboxylic acids is 1. The predicted molar refractivity (Wildman–Crippen MR) is 107 cm³/mol. The van der Waals surface area contributed by atoms with Crippen LogP contribution < -0.4 is 11.2 Å². The van der Waals surface area contributed by atoms with Gasteiger partial charge in [-0.3, -0.25) is 14.2 Å². The van der Waals surface area contributed by atoms with E-state index in [1.54, 1.807) is 0 Å². The van der Waals surface area contributed by atoms with Crippen LogP contribution in [0.3, 0.4) is 0 Å². The molecular formula is C19H19ClF4N2O3S. The van der Waals surface area contributed by atoms with Crippen LogP contribution in [0.15, 0.2) is 32.7 Å². The van der Waals surface area contributed by atoms with E-state index in [-0.39, 0.29) is 26.3 Å². The number of ketones is 1. The minimum atomic E-state index is -4.93. The average Bonchev–Trinajstić information content (AvgIpc) is 2.63. The second-order valence-corrected chi connectivity index (χ2v) is 8.29. The van der Waals surface area contributed by atoms with Gasteiger partial charge in [0.05, 0.1) is 16.0 Å². The van der Waals surface area contributed by atoms with E-state index in [0.29, 0.717) is 11.0 Å². The van der Waals surface area contributed by atoms with Gasteiger partial charge in [-0.1, -0.05) is 31.4 Å². The molecular weight excluding hydrogens is 448 g/mol. The SMILES string of the molecule is CCCCC(Sc1cc(-n2c(=O)cc(C(F)(F)F)n(C)c2=O)c(F)cc1Cl)C(C)=O. The van der Waals surface area contributed by atoms with Gasteiger partial charge in [0.2, 0.25) is 0 Å². The molecule has 1 aromatic carbocycles. The van der Waals surface area contributed by atoms with E-state index in [4.69, 9.17) is 11.6 Å². The van der Waals surface area contributed by atoms with E-state index in [1.165, 1.54) is 6.92 Å². The molecule has 2 aromatic rings. The highest BCUT2D eigenvalue weighted by Gasteiger charge is 2.35. The Morgan fingerprint density at radius 2 is 1.87 bits per heavy atom. The number of hydrogen-bond acceptors (Lipinski definition) is 4. The second kappa shape index (κ2) is 9.38. The number of rotatable bonds is 7. The van der Waals surface area contributed by atoms with Crippen molar-refractivity contribution in [2.45, 2.75) is 49.4 Å². The van der Waals surface area contributed by atoms with Gasteiger partial charge in [0, 0.05) is 18.0 Å². The first-order valence-corrected chi connectivity index (χ1v) is 10.2. The maximum Gasteiger partial charge on any atom is 0.431 e. The predicted octanol–water partition coefficient (Wildman–Crippen LogP) is 4.59. The maximum atomic E-state index is 14.6. The summed E-state index contributed by atoms with van der Waals surface area (Å²) in [4.78, 5) is 36.9. The summed E-state index contributed by atoms with van der Waals surface area (Å²) in [5.74, 6) is -1.19. The molecule has 2 rings (SSSR count). The maximum absolute atomic E-state index is 14.6. The number of benzene rings is 1. The van der Waals surface area contributed by atoms with E-state index in [1.807, 2.05) is 6.92 Å². The normalized spacial score (nSPS) is 12.8. The molecule has 1 heterocycles. The Morgan fingerprint density at radius 1 is 1.23 bits per heavy atom. The lowest BCUT2D eigenvalue weighted by molar-refractivity contribution is -0.144. The van der Waals surface area contributed by atoms with E-state index in [2.05, 4.69) is 0 Å². The van der Waals surface area contributed by atoms with Crippen molar-refractivity contribution in [1.82, 2.24) is 9.13 Å². The lowest BCUT2D eigenvalue weighted by Crippen LogP contribution is -2.41. The Bertz CT molecular complexity index is 1080. The van der Waals surface area contributed by atoms with Crippen LogP contribution in [-0.4, -0.2) is 20.2 Å². The van der Waals surface area contributed by atoms with Crippen LogP contribution in [0, 0.1) is 5.82 Å². The molecule has 1 atom stereocenters. The number of nitrogens with zero attached hydrogens (tertiary/aromatic N) is 2. The Kier molecular flexibility index (Phi) is 7.57. The Balaban J connectivity index is 2.63. The fraction of sp³-hybridized carbons (Fsp3) is 0.421. The number of aromatic nitrogens is 2. The molecule has 11 heteroatoms. The van der Waals surface area contributed by atoms with Crippen LogP contribution in [0.1, 0.15) is 38.8 Å². The zero-order chi connectivity index (χ0) is 22.8. The summed E-state index contributed by atoms with van der Waals surface area (Å²) < 4.78 is 54.2. The highest BCUT2D eigenvalue weighted by atomic mass is 35.5. The number of hydrogen-bond donors (Lipinski definition) is 0. The fourth-order valence-electron chi connectivity index (χ4n) is 2.79. The quantitative estimate of drug-likeness (QED) is 0.442. The van der Waals surface area contributed by atoms with Gasteiger partial charge in [0.15, 0.2) is 0 Å². The third-order valence-electron chi connectivity index (χ3n) is 4.40. The minimum absolute atomic E-state index is 0.0409. The van der Waals surface area contributed by atoms with Crippen LogP contribution in [0.4, 0.5) is 17.6 Å². The number of alkyl halides is 3. The van der Waals surface area contributed by atoms with Crippen molar-refractivity contribution in [3.05, 3.63) is 55.6 Å². The highest BCUT2D eigenvalue weighted by Crippen LogP contribution is 2.35. The van der Waals surface area contributed by atoms with Crippen molar-refractivity contribution in [3.63, 3.8) is 0 Å². The average molecular weight is 467 g/mol. The molecule has 0 bridgehead atoms. The molecule has 0 radical (unpaired) electrons.